The molecule has 2 rings (SSSR count). The van der Waals surface area contributed by atoms with Crippen molar-refractivity contribution in [2.75, 3.05) is 25.0 Å². The first kappa shape index (κ1) is 15.8. The van der Waals surface area contributed by atoms with Gasteiger partial charge in [-0.15, -0.1) is 0 Å². The van der Waals surface area contributed by atoms with E-state index in [9.17, 15) is 9.90 Å². The molecule has 1 aliphatic heterocycles. The lowest BCUT2D eigenvalue weighted by molar-refractivity contribution is 0.136. The van der Waals surface area contributed by atoms with Crippen molar-refractivity contribution in [1.82, 2.24) is 4.90 Å². The molecule has 1 aliphatic rings. The molecule has 116 valence electrons. The second-order valence-electron chi connectivity index (χ2n) is 6.89. The highest BCUT2D eigenvalue weighted by molar-refractivity contribution is 5.89. The number of hydrogen-bond donors (Lipinski definition) is 2. The Morgan fingerprint density at radius 1 is 1.33 bits per heavy atom. The number of hydrogen-bond acceptors (Lipinski definition) is 2. The Labute approximate surface area is 127 Å². The van der Waals surface area contributed by atoms with Gasteiger partial charge < -0.3 is 15.3 Å². The van der Waals surface area contributed by atoms with Crippen LogP contribution < -0.4 is 5.32 Å². The highest BCUT2D eigenvalue weighted by Gasteiger charge is 2.23. The Morgan fingerprint density at radius 2 is 2.00 bits per heavy atom. The summed E-state index contributed by atoms with van der Waals surface area (Å²) in [7, 11) is 0. The highest BCUT2D eigenvalue weighted by atomic mass is 16.3. The molecule has 1 unspecified atom stereocenters. The summed E-state index contributed by atoms with van der Waals surface area (Å²) in [6.07, 6.45) is 1.96. The molecule has 1 heterocycles. The Hall–Kier alpha value is -1.55. The van der Waals surface area contributed by atoms with Crippen molar-refractivity contribution in [3.8, 4) is 0 Å². The SMILES string of the molecule is CC(C)(C)c1ccc(NC(=O)N2CCCC(CO)C2)cc1. The molecule has 2 N–H and O–H groups in total. The molecule has 1 aromatic carbocycles. The molecule has 0 aromatic heterocycles. The Bertz CT molecular complexity index is 477. The van der Waals surface area contributed by atoms with E-state index in [4.69, 9.17) is 0 Å². The third-order valence-corrected chi connectivity index (χ3v) is 4.07. The number of rotatable bonds is 2. The van der Waals surface area contributed by atoms with E-state index in [1.165, 1.54) is 5.56 Å². The number of carbonyl (C=O) groups excluding carboxylic acids is 1. The minimum atomic E-state index is -0.0725. The second-order valence-corrected chi connectivity index (χ2v) is 6.89. The van der Waals surface area contributed by atoms with Crippen LogP contribution in [0.5, 0.6) is 0 Å². The molecule has 4 nitrogen and oxygen atoms in total. The minimum absolute atomic E-state index is 0.0725. The maximum absolute atomic E-state index is 12.2. The molecular formula is C17H26N2O2. The Morgan fingerprint density at radius 3 is 2.57 bits per heavy atom. The van der Waals surface area contributed by atoms with Crippen LogP contribution in [0.3, 0.4) is 0 Å². The fourth-order valence-electron chi connectivity index (χ4n) is 2.65. The van der Waals surface area contributed by atoms with Crippen LogP contribution in [0.25, 0.3) is 0 Å². The zero-order valence-corrected chi connectivity index (χ0v) is 13.2. The van der Waals surface area contributed by atoms with Gasteiger partial charge in [-0.25, -0.2) is 4.79 Å². The summed E-state index contributed by atoms with van der Waals surface area (Å²) in [5, 5.41) is 12.2. The van der Waals surface area contributed by atoms with Gasteiger partial charge >= 0.3 is 6.03 Å². The van der Waals surface area contributed by atoms with E-state index in [0.717, 1.165) is 25.1 Å². The van der Waals surface area contributed by atoms with Gasteiger partial charge in [0.1, 0.15) is 0 Å². The van der Waals surface area contributed by atoms with Crippen LogP contribution >= 0.6 is 0 Å². The number of urea groups is 1. The number of anilines is 1. The summed E-state index contributed by atoms with van der Waals surface area (Å²) in [6.45, 7) is 8.07. The van der Waals surface area contributed by atoms with Gasteiger partial charge in [-0.3, -0.25) is 0 Å². The van der Waals surface area contributed by atoms with Crippen molar-refractivity contribution in [2.24, 2.45) is 5.92 Å². The molecule has 1 atom stereocenters. The number of benzene rings is 1. The van der Waals surface area contributed by atoms with Gasteiger partial charge in [0, 0.05) is 25.4 Å². The number of piperidine rings is 1. The first-order chi connectivity index (χ1) is 9.90. The van der Waals surface area contributed by atoms with Crippen LogP contribution in [0.15, 0.2) is 24.3 Å². The van der Waals surface area contributed by atoms with Gasteiger partial charge in [0.05, 0.1) is 0 Å². The number of nitrogens with zero attached hydrogens (tertiary/aromatic N) is 1. The number of aliphatic hydroxyl groups is 1. The van der Waals surface area contributed by atoms with E-state index in [-0.39, 0.29) is 24.0 Å². The monoisotopic (exact) mass is 290 g/mol. The molecular weight excluding hydrogens is 264 g/mol. The van der Waals surface area contributed by atoms with Gasteiger partial charge in [0.25, 0.3) is 0 Å². The molecule has 1 saturated heterocycles. The summed E-state index contributed by atoms with van der Waals surface area (Å²) in [6, 6.07) is 7.94. The minimum Gasteiger partial charge on any atom is -0.396 e. The Balaban J connectivity index is 1.96. The molecule has 0 radical (unpaired) electrons. The summed E-state index contributed by atoms with van der Waals surface area (Å²) in [5.74, 6) is 0.216. The molecule has 21 heavy (non-hydrogen) atoms. The average molecular weight is 290 g/mol. The smallest absolute Gasteiger partial charge is 0.321 e. The van der Waals surface area contributed by atoms with Crippen LogP contribution in [0, 0.1) is 5.92 Å². The lowest BCUT2D eigenvalue weighted by Gasteiger charge is -2.31. The normalized spacial score (nSPS) is 19.4. The summed E-state index contributed by atoms with van der Waals surface area (Å²) in [4.78, 5) is 14.0. The third kappa shape index (κ3) is 4.21. The summed E-state index contributed by atoms with van der Waals surface area (Å²) in [5.41, 5.74) is 2.18. The standard InChI is InChI=1S/C17H26N2O2/c1-17(2,3)14-6-8-15(9-7-14)18-16(21)19-10-4-5-13(11-19)12-20/h6-9,13,20H,4-5,10-12H2,1-3H3,(H,18,21). The average Bonchev–Trinajstić information content (AvgIpc) is 2.47. The van der Waals surface area contributed by atoms with Crippen molar-refractivity contribution in [3.05, 3.63) is 29.8 Å². The van der Waals surface area contributed by atoms with E-state index < -0.39 is 0 Å². The number of amides is 2. The first-order valence-electron chi connectivity index (χ1n) is 7.67. The largest absolute Gasteiger partial charge is 0.396 e. The zero-order valence-electron chi connectivity index (χ0n) is 13.2. The van der Waals surface area contributed by atoms with Gasteiger partial charge in [-0.2, -0.15) is 0 Å². The Kier molecular flexibility index (Phi) is 4.88. The lowest BCUT2D eigenvalue weighted by atomic mass is 9.87. The fourth-order valence-corrected chi connectivity index (χ4v) is 2.65. The van der Waals surface area contributed by atoms with Crippen LogP contribution in [-0.2, 0) is 5.41 Å². The maximum Gasteiger partial charge on any atom is 0.321 e. The van der Waals surface area contributed by atoms with Crippen LogP contribution in [0.2, 0.25) is 0 Å². The topological polar surface area (TPSA) is 52.6 Å². The van der Waals surface area contributed by atoms with Gasteiger partial charge in [0.2, 0.25) is 0 Å². The second kappa shape index (κ2) is 6.48. The van der Waals surface area contributed by atoms with Crippen LogP contribution in [0.1, 0.15) is 39.2 Å². The summed E-state index contributed by atoms with van der Waals surface area (Å²) < 4.78 is 0. The number of aliphatic hydroxyl groups excluding tert-OH is 1. The van der Waals surface area contributed by atoms with Crippen molar-refractivity contribution >= 4 is 11.7 Å². The van der Waals surface area contributed by atoms with Crippen molar-refractivity contribution in [3.63, 3.8) is 0 Å². The van der Waals surface area contributed by atoms with Crippen molar-refractivity contribution < 1.29 is 9.90 Å². The van der Waals surface area contributed by atoms with Crippen LogP contribution in [0.4, 0.5) is 10.5 Å². The van der Waals surface area contributed by atoms with Crippen molar-refractivity contribution in [2.45, 2.75) is 39.0 Å². The van der Waals surface area contributed by atoms with E-state index in [1.54, 1.807) is 4.90 Å². The lowest BCUT2D eigenvalue weighted by Crippen LogP contribution is -2.43. The molecule has 0 spiro atoms. The van der Waals surface area contributed by atoms with E-state index in [2.05, 4.69) is 38.2 Å². The summed E-state index contributed by atoms with van der Waals surface area (Å²) >= 11 is 0. The van der Waals surface area contributed by atoms with E-state index >= 15 is 0 Å². The van der Waals surface area contributed by atoms with Crippen molar-refractivity contribution in [1.29, 1.82) is 0 Å². The molecule has 1 aromatic rings. The fraction of sp³-hybridized carbons (Fsp3) is 0.588. The number of nitrogens with one attached hydrogen (secondary N) is 1. The predicted molar refractivity (Wildman–Crippen MR) is 85.5 cm³/mol. The molecule has 0 saturated carbocycles. The first-order valence-corrected chi connectivity index (χ1v) is 7.67. The van der Waals surface area contributed by atoms with Gasteiger partial charge in [-0.05, 0) is 41.9 Å². The number of likely N-dealkylation sites (tertiary alicyclic amines) is 1. The quantitative estimate of drug-likeness (QED) is 0.878. The molecule has 4 heteroatoms. The third-order valence-electron chi connectivity index (χ3n) is 4.07. The highest BCUT2D eigenvalue weighted by Crippen LogP contribution is 2.24. The molecule has 2 amide bonds. The van der Waals surface area contributed by atoms with Crippen LogP contribution in [-0.4, -0.2) is 35.7 Å². The van der Waals surface area contributed by atoms with Gasteiger partial charge in [0.15, 0.2) is 0 Å². The molecule has 1 fully saturated rings. The van der Waals surface area contributed by atoms with Gasteiger partial charge in [-0.1, -0.05) is 32.9 Å². The predicted octanol–water partition coefficient (Wildman–Crippen LogP) is 3.22. The zero-order chi connectivity index (χ0) is 15.5. The number of carbonyl (C=O) groups is 1. The molecule has 0 bridgehead atoms. The maximum atomic E-state index is 12.2. The van der Waals surface area contributed by atoms with E-state index in [0.29, 0.717) is 6.54 Å². The van der Waals surface area contributed by atoms with E-state index in [1.807, 2.05) is 12.1 Å². The molecule has 0 aliphatic carbocycles.